The number of nitrogens with zero attached hydrogens (tertiary/aromatic N) is 1. The van der Waals surface area contributed by atoms with E-state index < -0.39 is 55.3 Å². The van der Waals surface area contributed by atoms with Gasteiger partial charge in [0.15, 0.2) is 0 Å². The zero-order chi connectivity index (χ0) is 15.8. The summed E-state index contributed by atoms with van der Waals surface area (Å²) < 4.78 is 58.0. The van der Waals surface area contributed by atoms with E-state index in [9.17, 15) is 27.2 Å². The quantitative estimate of drug-likeness (QED) is 0.785. The first kappa shape index (κ1) is 16.0. The number of alkyl halides is 4. The Morgan fingerprint density at radius 2 is 1.95 bits per heavy atom. The predicted octanol–water partition coefficient (Wildman–Crippen LogP) is 1.51. The van der Waals surface area contributed by atoms with E-state index in [0.717, 1.165) is 0 Å². The molecule has 9 heteroatoms. The number of carboxylic acid groups (broad SMARTS) is 1. The second kappa shape index (κ2) is 5.43. The largest absolute Gasteiger partial charge is 0.480 e. The minimum Gasteiger partial charge on any atom is -0.480 e. The molecule has 1 N–H and O–H groups in total. The first-order valence-corrected chi connectivity index (χ1v) is 6.57. The highest BCUT2D eigenvalue weighted by atomic mass is 19.4. The molecule has 2 aliphatic rings. The third kappa shape index (κ3) is 2.70. The van der Waals surface area contributed by atoms with Gasteiger partial charge in [-0.15, -0.1) is 0 Å². The number of rotatable bonds is 2. The fraction of sp³-hybridized carbons (Fsp3) is 0.833. The topological polar surface area (TPSA) is 66.8 Å². The van der Waals surface area contributed by atoms with E-state index in [1.165, 1.54) is 0 Å². The summed E-state index contributed by atoms with van der Waals surface area (Å²) in [6, 6.07) is -1.59. The minimum absolute atomic E-state index is 0.135. The molecule has 0 bridgehead atoms. The Hall–Kier alpha value is -1.38. The fourth-order valence-electron chi connectivity index (χ4n) is 2.78. The Balaban J connectivity index is 2.32. The van der Waals surface area contributed by atoms with E-state index in [0.29, 0.717) is 11.3 Å². The fourth-order valence-corrected chi connectivity index (χ4v) is 2.78. The maximum Gasteiger partial charge on any atom is 0.426 e. The van der Waals surface area contributed by atoms with Gasteiger partial charge < -0.3 is 14.7 Å². The van der Waals surface area contributed by atoms with Gasteiger partial charge in [-0.1, -0.05) is 0 Å². The van der Waals surface area contributed by atoms with Crippen molar-refractivity contribution in [3.05, 3.63) is 0 Å². The Morgan fingerprint density at radius 3 is 2.43 bits per heavy atom. The van der Waals surface area contributed by atoms with Crippen molar-refractivity contribution in [1.29, 1.82) is 0 Å². The van der Waals surface area contributed by atoms with Gasteiger partial charge in [0.25, 0.3) is 5.91 Å². The Bertz CT molecular complexity index is 433. The summed E-state index contributed by atoms with van der Waals surface area (Å²) in [6.45, 7) is -0.896. The van der Waals surface area contributed by atoms with Gasteiger partial charge in [0, 0.05) is 13.0 Å². The molecule has 5 nitrogen and oxygen atoms in total. The second-order valence-corrected chi connectivity index (χ2v) is 5.27. The molecule has 0 aromatic carbocycles. The van der Waals surface area contributed by atoms with Gasteiger partial charge in [-0.25, -0.2) is 9.18 Å². The summed E-state index contributed by atoms with van der Waals surface area (Å²) in [5, 5.41) is 8.95. The lowest BCUT2D eigenvalue weighted by atomic mass is 9.91. The van der Waals surface area contributed by atoms with Gasteiger partial charge in [0.1, 0.15) is 12.2 Å². The van der Waals surface area contributed by atoms with Crippen LogP contribution >= 0.6 is 0 Å². The van der Waals surface area contributed by atoms with Crippen LogP contribution in [0.4, 0.5) is 17.6 Å². The number of ether oxygens (including phenoxy) is 1. The van der Waals surface area contributed by atoms with Crippen LogP contribution in [0.1, 0.15) is 25.7 Å². The van der Waals surface area contributed by atoms with E-state index in [1.807, 2.05) is 0 Å². The van der Waals surface area contributed by atoms with Crippen molar-refractivity contribution in [2.75, 3.05) is 13.2 Å². The molecule has 21 heavy (non-hydrogen) atoms. The average molecular weight is 313 g/mol. The molecule has 0 radical (unpaired) electrons. The summed E-state index contributed by atoms with van der Waals surface area (Å²) in [7, 11) is 0. The molecule has 3 atom stereocenters. The molecule has 0 saturated carbocycles. The molecule has 2 rings (SSSR count). The highest BCUT2D eigenvalue weighted by molar-refractivity contribution is 5.91. The number of halogens is 4. The molecule has 2 heterocycles. The number of aliphatic carboxylic acids is 1. The number of carbonyl (C=O) groups excluding carboxylic acids is 1. The molecule has 2 saturated heterocycles. The first-order valence-electron chi connectivity index (χ1n) is 6.57. The number of hydrogen-bond donors (Lipinski definition) is 1. The van der Waals surface area contributed by atoms with Crippen molar-refractivity contribution >= 4 is 11.9 Å². The highest BCUT2D eigenvalue weighted by Gasteiger charge is 2.64. The van der Waals surface area contributed by atoms with E-state index in [-0.39, 0.29) is 13.0 Å². The summed E-state index contributed by atoms with van der Waals surface area (Å²) in [5.41, 5.74) is -3.05. The monoisotopic (exact) mass is 313 g/mol. The number of carbonyl (C=O) groups is 2. The minimum atomic E-state index is -4.97. The van der Waals surface area contributed by atoms with Crippen LogP contribution in [0.25, 0.3) is 0 Å². The van der Waals surface area contributed by atoms with Crippen LogP contribution < -0.4 is 0 Å². The lowest BCUT2D eigenvalue weighted by Crippen LogP contribution is -2.62. The van der Waals surface area contributed by atoms with E-state index in [4.69, 9.17) is 9.84 Å². The van der Waals surface area contributed by atoms with Gasteiger partial charge >= 0.3 is 12.1 Å². The summed E-state index contributed by atoms with van der Waals surface area (Å²) in [6.07, 6.45) is -7.18. The number of likely N-dealkylation sites (tertiary alicyclic amines) is 1. The van der Waals surface area contributed by atoms with E-state index >= 15 is 0 Å². The van der Waals surface area contributed by atoms with Crippen molar-refractivity contribution < 1.29 is 37.0 Å². The number of hydrogen-bond acceptors (Lipinski definition) is 3. The Labute approximate surface area is 117 Å². The number of amides is 1. The molecule has 2 aliphatic heterocycles. The highest BCUT2D eigenvalue weighted by Crippen LogP contribution is 2.43. The maximum atomic E-state index is 13.4. The van der Waals surface area contributed by atoms with Gasteiger partial charge in [0.05, 0.1) is 6.54 Å². The van der Waals surface area contributed by atoms with Crippen LogP contribution in [-0.2, 0) is 14.3 Å². The van der Waals surface area contributed by atoms with Gasteiger partial charge in [0.2, 0.25) is 5.60 Å². The predicted molar refractivity (Wildman–Crippen MR) is 61.2 cm³/mol. The smallest absolute Gasteiger partial charge is 0.426 e. The van der Waals surface area contributed by atoms with E-state index in [2.05, 4.69) is 0 Å². The molecule has 0 aromatic rings. The standard InChI is InChI=1S/C12H15F4NO4/c13-7-5-8(9(18)19)17(6-7)10(20)11(12(14,15)16)3-1-2-4-21-11/h7-8H,1-6H2,(H,18,19)/t7-,8+,11-/m1/s1. The molecule has 0 aliphatic carbocycles. The molecule has 0 spiro atoms. The SMILES string of the molecule is O=C(O)[C@@H]1C[C@@H](F)CN1C(=O)[C@@]1(C(F)(F)F)CCCCO1. The lowest BCUT2D eigenvalue weighted by molar-refractivity contribution is -0.281. The Kier molecular flexibility index (Phi) is 4.14. The molecule has 0 unspecified atom stereocenters. The van der Waals surface area contributed by atoms with Gasteiger partial charge in [-0.2, -0.15) is 13.2 Å². The van der Waals surface area contributed by atoms with Crippen LogP contribution in [-0.4, -0.2) is 59.0 Å². The summed E-state index contributed by atoms with van der Waals surface area (Å²) in [4.78, 5) is 23.7. The van der Waals surface area contributed by atoms with Crippen molar-refractivity contribution in [3.63, 3.8) is 0 Å². The second-order valence-electron chi connectivity index (χ2n) is 5.27. The van der Waals surface area contributed by atoms with Crippen LogP contribution in [0.15, 0.2) is 0 Å². The van der Waals surface area contributed by atoms with Crippen molar-refractivity contribution in [1.82, 2.24) is 4.90 Å². The average Bonchev–Trinajstić information content (AvgIpc) is 2.79. The molecule has 120 valence electrons. The van der Waals surface area contributed by atoms with Crippen LogP contribution in [0.2, 0.25) is 0 Å². The third-order valence-electron chi connectivity index (χ3n) is 3.87. The van der Waals surface area contributed by atoms with Crippen molar-refractivity contribution in [2.45, 2.75) is 49.7 Å². The lowest BCUT2D eigenvalue weighted by Gasteiger charge is -2.40. The zero-order valence-corrected chi connectivity index (χ0v) is 11.0. The zero-order valence-electron chi connectivity index (χ0n) is 11.0. The van der Waals surface area contributed by atoms with E-state index in [1.54, 1.807) is 0 Å². The summed E-state index contributed by atoms with van der Waals surface area (Å²) >= 11 is 0. The molecule has 2 fully saturated rings. The molecule has 1 amide bonds. The maximum absolute atomic E-state index is 13.4. The summed E-state index contributed by atoms with van der Waals surface area (Å²) in [5.74, 6) is -3.01. The molecular formula is C12H15F4NO4. The van der Waals surface area contributed by atoms with Gasteiger partial charge in [-0.3, -0.25) is 4.79 Å². The third-order valence-corrected chi connectivity index (χ3v) is 3.87. The molecular weight excluding hydrogens is 298 g/mol. The first-order chi connectivity index (χ1) is 9.69. The van der Waals surface area contributed by atoms with Crippen LogP contribution in [0, 0.1) is 0 Å². The van der Waals surface area contributed by atoms with Crippen LogP contribution in [0.3, 0.4) is 0 Å². The number of carboxylic acids is 1. The van der Waals surface area contributed by atoms with Crippen LogP contribution in [0.5, 0.6) is 0 Å². The normalized spacial score (nSPS) is 34.0. The molecule has 0 aromatic heterocycles. The van der Waals surface area contributed by atoms with Gasteiger partial charge in [-0.05, 0) is 19.3 Å². The van der Waals surface area contributed by atoms with Crippen molar-refractivity contribution in [3.8, 4) is 0 Å². The Morgan fingerprint density at radius 1 is 1.29 bits per heavy atom. The van der Waals surface area contributed by atoms with Crippen molar-refractivity contribution in [2.24, 2.45) is 0 Å².